The first-order valence-electron chi connectivity index (χ1n) is 9.17. The molecule has 0 aromatic carbocycles. The van der Waals surface area contributed by atoms with Gasteiger partial charge in [0.2, 0.25) is 11.8 Å². The molecular weight excluding hydrogens is 338 g/mol. The number of amides is 2. The maximum Gasteiger partial charge on any atom is 0.249 e. The highest BCUT2D eigenvalue weighted by molar-refractivity contribution is 5.97. The predicted octanol–water partition coefficient (Wildman–Crippen LogP) is 1.92. The van der Waals surface area contributed by atoms with E-state index in [-0.39, 0.29) is 17.5 Å². The normalized spacial score (nSPS) is 14.2. The van der Waals surface area contributed by atoms with E-state index in [2.05, 4.69) is 15.8 Å². The molecule has 26 heavy (non-hydrogen) atoms. The van der Waals surface area contributed by atoms with Crippen LogP contribution in [0.2, 0.25) is 0 Å². The summed E-state index contributed by atoms with van der Waals surface area (Å²) >= 11 is 0. The van der Waals surface area contributed by atoms with Gasteiger partial charge in [-0.2, -0.15) is 0 Å². The van der Waals surface area contributed by atoms with Crippen LogP contribution < -0.4 is 10.6 Å². The van der Waals surface area contributed by atoms with Crippen LogP contribution >= 0.6 is 0 Å². The summed E-state index contributed by atoms with van der Waals surface area (Å²) in [6, 6.07) is 0.691. The molecule has 0 saturated heterocycles. The Morgan fingerprint density at radius 3 is 2.35 bits per heavy atom. The summed E-state index contributed by atoms with van der Waals surface area (Å²) in [5, 5.41) is 29.2. The van der Waals surface area contributed by atoms with Crippen LogP contribution in [0.5, 0.6) is 0 Å². The molecule has 0 fully saturated rings. The third kappa shape index (κ3) is 5.54. The van der Waals surface area contributed by atoms with E-state index in [1.807, 2.05) is 20.8 Å². The number of aliphatic hydroxyl groups excluding tert-OH is 1. The lowest BCUT2D eigenvalue weighted by Crippen LogP contribution is -2.48. The second-order valence-electron chi connectivity index (χ2n) is 6.84. The molecule has 0 aliphatic carbocycles. The highest BCUT2D eigenvalue weighted by Crippen LogP contribution is 2.30. The topological polar surface area (TPSA) is 125 Å². The molecule has 0 spiro atoms. The molecule has 2 amide bonds. The second kappa shape index (κ2) is 9.68. The number of aromatic nitrogens is 1. The number of aliphatic hydroxyl groups is 2. The van der Waals surface area contributed by atoms with Gasteiger partial charge in [0.15, 0.2) is 11.6 Å². The zero-order valence-electron chi connectivity index (χ0n) is 16.2. The Kier molecular flexibility index (Phi) is 8.23. The van der Waals surface area contributed by atoms with E-state index in [0.29, 0.717) is 25.7 Å². The van der Waals surface area contributed by atoms with Crippen molar-refractivity contribution in [2.75, 3.05) is 5.32 Å². The smallest absolute Gasteiger partial charge is 0.249 e. The molecule has 0 radical (unpaired) electrons. The van der Waals surface area contributed by atoms with Crippen molar-refractivity contribution < 1.29 is 24.3 Å². The van der Waals surface area contributed by atoms with E-state index < -0.39 is 29.6 Å². The van der Waals surface area contributed by atoms with E-state index in [9.17, 15) is 19.8 Å². The van der Waals surface area contributed by atoms with Crippen LogP contribution in [0.4, 0.5) is 5.82 Å². The zero-order valence-corrected chi connectivity index (χ0v) is 16.2. The van der Waals surface area contributed by atoms with Gasteiger partial charge in [-0.3, -0.25) is 9.59 Å². The number of carbonyl (C=O) groups excluding carboxylic acids is 2. The van der Waals surface area contributed by atoms with Gasteiger partial charge in [0.05, 0.1) is 0 Å². The third-order valence-electron chi connectivity index (χ3n) is 4.50. The molecule has 1 aromatic heterocycles. The van der Waals surface area contributed by atoms with Crippen molar-refractivity contribution in [1.29, 1.82) is 0 Å². The number of nitrogens with one attached hydrogen (secondary N) is 2. The summed E-state index contributed by atoms with van der Waals surface area (Å²) < 4.78 is 5.16. The van der Waals surface area contributed by atoms with Crippen LogP contribution in [0.1, 0.15) is 66.1 Å². The number of hydrogen-bond acceptors (Lipinski definition) is 6. The molecule has 0 bridgehead atoms. The fraction of sp³-hybridized carbons (Fsp3) is 0.722. The van der Waals surface area contributed by atoms with E-state index in [4.69, 9.17) is 4.52 Å². The molecule has 2 atom stereocenters. The Hall–Kier alpha value is -1.93. The van der Waals surface area contributed by atoms with Crippen molar-refractivity contribution in [3.63, 3.8) is 0 Å². The molecular formula is C18H31N3O5. The zero-order chi connectivity index (χ0) is 19.9. The number of hydrogen-bond donors (Lipinski definition) is 4. The fourth-order valence-corrected chi connectivity index (χ4v) is 2.48. The molecule has 0 saturated carbocycles. The average molecular weight is 369 g/mol. The van der Waals surface area contributed by atoms with Crippen molar-refractivity contribution in [1.82, 2.24) is 10.5 Å². The number of anilines is 1. The molecule has 1 aromatic rings. The Morgan fingerprint density at radius 1 is 1.23 bits per heavy atom. The molecule has 1 rings (SSSR count). The number of rotatable bonds is 10. The molecule has 2 unspecified atom stereocenters. The van der Waals surface area contributed by atoms with Gasteiger partial charge < -0.3 is 25.4 Å². The first kappa shape index (κ1) is 22.1. The molecule has 8 heteroatoms. The minimum Gasteiger partial charge on any atom is -0.383 e. The number of nitrogens with zero attached hydrogens (tertiary/aromatic N) is 1. The SMILES string of the molecule is CCCC(NC(=O)C(O)C(C)C)C(=O)Nc1cc(C(O)(CC)CC)on1. The summed E-state index contributed by atoms with van der Waals surface area (Å²) in [4.78, 5) is 24.5. The largest absolute Gasteiger partial charge is 0.383 e. The van der Waals surface area contributed by atoms with Crippen molar-refractivity contribution in [2.24, 2.45) is 5.92 Å². The van der Waals surface area contributed by atoms with E-state index >= 15 is 0 Å². The van der Waals surface area contributed by atoms with Gasteiger partial charge in [-0.25, -0.2) is 0 Å². The summed E-state index contributed by atoms with van der Waals surface area (Å²) in [6.45, 7) is 8.99. The van der Waals surface area contributed by atoms with Gasteiger partial charge in [0, 0.05) is 6.07 Å². The van der Waals surface area contributed by atoms with Gasteiger partial charge in [-0.05, 0) is 25.2 Å². The lowest BCUT2D eigenvalue weighted by atomic mass is 9.94. The van der Waals surface area contributed by atoms with E-state index in [0.717, 1.165) is 0 Å². The third-order valence-corrected chi connectivity index (χ3v) is 4.50. The highest BCUT2D eigenvalue weighted by Gasteiger charge is 2.31. The van der Waals surface area contributed by atoms with Crippen LogP contribution in [0, 0.1) is 5.92 Å². The van der Waals surface area contributed by atoms with Crippen molar-refractivity contribution in [3.05, 3.63) is 11.8 Å². The Morgan fingerprint density at radius 2 is 1.85 bits per heavy atom. The standard InChI is InChI=1S/C18H31N3O5/c1-6-9-12(19-17(24)15(22)11(4)5)16(23)20-14-10-13(26-21-14)18(25,7-2)8-3/h10-12,15,22,25H,6-9H2,1-5H3,(H,19,24)(H,20,21,23). The lowest BCUT2D eigenvalue weighted by Gasteiger charge is -2.21. The van der Waals surface area contributed by atoms with Gasteiger partial charge in [-0.15, -0.1) is 0 Å². The maximum absolute atomic E-state index is 12.5. The van der Waals surface area contributed by atoms with Gasteiger partial charge in [0.1, 0.15) is 17.7 Å². The summed E-state index contributed by atoms with van der Waals surface area (Å²) in [6.07, 6.45) is 0.818. The van der Waals surface area contributed by atoms with Gasteiger partial charge >= 0.3 is 0 Å². The quantitative estimate of drug-likeness (QED) is 0.499. The highest BCUT2D eigenvalue weighted by atomic mass is 16.5. The summed E-state index contributed by atoms with van der Waals surface area (Å²) in [5.41, 5.74) is -1.13. The van der Waals surface area contributed by atoms with Crippen LogP contribution in [0.25, 0.3) is 0 Å². The molecule has 148 valence electrons. The van der Waals surface area contributed by atoms with Crippen LogP contribution in [-0.4, -0.2) is 39.3 Å². The monoisotopic (exact) mass is 369 g/mol. The minimum atomic E-state index is -1.18. The second-order valence-corrected chi connectivity index (χ2v) is 6.84. The average Bonchev–Trinajstić information content (AvgIpc) is 3.08. The van der Waals surface area contributed by atoms with Crippen LogP contribution in [0.3, 0.4) is 0 Å². The summed E-state index contributed by atoms with van der Waals surface area (Å²) in [7, 11) is 0. The van der Waals surface area contributed by atoms with Gasteiger partial charge in [0.25, 0.3) is 0 Å². The van der Waals surface area contributed by atoms with Crippen molar-refractivity contribution in [2.45, 2.75) is 78.0 Å². The van der Waals surface area contributed by atoms with Crippen LogP contribution in [-0.2, 0) is 15.2 Å². The summed E-state index contributed by atoms with van der Waals surface area (Å²) in [5.74, 6) is -0.832. The van der Waals surface area contributed by atoms with E-state index in [1.54, 1.807) is 13.8 Å². The Labute approximate surface area is 154 Å². The van der Waals surface area contributed by atoms with Crippen molar-refractivity contribution in [3.8, 4) is 0 Å². The van der Waals surface area contributed by atoms with Crippen LogP contribution in [0.15, 0.2) is 10.6 Å². The maximum atomic E-state index is 12.5. The molecule has 1 heterocycles. The minimum absolute atomic E-state index is 0.171. The molecule has 0 aliphatic heterocycles. The van der Waals surface area contributed by atoms with Gasteiger partial charge in [-0.1, -0.05) is 46.2 Å². The predicted molar refractivity (Wildman–Crippen MR) is 97.3 cm³/mol. The lowest BCUT2D eigenvalue weighted by molar-refractivity contribution is -0.134. The number of carbonyl (C=O) groups is 2. The molecule has 8 nitrogen and oxygen atoms in total. The van der Waals surface area contributed by atoms with E-state index in [1.165, 1.54) is 6.07 Å². The Bertz CT molecular complexity index is 595. The first-order chi connectivity index (χ1) is 12.2. The molecule has 4 N–H and O–H groups in total. The molecule has 0 aliphatic rings. The Balaban J connectivity index is 2.82. The fourth-order valence-electron chi connectivity index (χ4n) is 2.48. The first-order valence-corrected chi connectivity index (χ1v) is 9.17. The van der Waals surface area contributed by atoms with Crippen molar-refractivity contribution >= 4 is 17.6 Å².